The van der Waals surface area contributed by atoms with Gasteiger partial charge in [-0.2, -0.15) is 4.31 Å². The Morgan fingerprint density at radius 2 is 1.96 bits per heavy atom. The predicted molar refractivity (Wildman–Crippen MR) is 96.5 cm³/mol. The van der Waals surface area contributed by atoms with Crippen LogP contribution in [0, 0.1) is 0 Å². The number of halogens is 1. The molecule has 2 aromatic rings. The number of thiophene rings is 1. The lowest BCUT2D eigenvalue weighted by atomic mass is 10.0. The van der Waals surface area contributed by atoms with Crippen LogP contribution < -0.4 is 4.74 Å². The van der Waals surface area contributed by atoms with Crippen molar-refractivity contribution in [1.29, 1.82) is 0 Å². The minimum atomic E-state index is -3.53. The molecule has 1 aliphatic heterocycles. The smallest absolute Gasteiger partial charge is 0.252 e. The summed E-state index contributed by atoms with van der Waals surface area (Å²) in [6, 6.07) is 10.9. The predicted octanol–water partition coefficient (Wildman–Crippen LogP) is 3.09. The third kappa shape index (κ3) is 3.32. The van der Waals surface area contributed by atoms with E-state index in [0.29, 0.717) is 24.0 Å². The molecular weight excluding hydrogens is 368 g/mol. The number of hydrogen-bond donors (Lipinski definition) is 0. The van der Waals surface area contributed by atoms with Crippen molar-refractivity contribution in [2.75, 3.05) is 33.8 Å². The second kappa shape index (κ2) is 7.01. The summed E-state index contributed by atoms with van der Waals surface area (Å²) in [5.41, 5.74) is 0.992. The van der Waals surface area contributed by atoms with E-state index in [0.717, 1.165) is 22.6 Å². The van der Waals surface area contributed by atoms with Crippen LogP contribution in [-0.4, -0.2) is 51.4 Å². The summed E-state index contributed by atoms with van der Waals surface area (Å²) in [7, 11) is 0.107. The molecule has 130 valence electrons. The minimum Gasteiger partial charge on any atom is -0.496 e. The molecule has 0 saturated carbocycles. The number of nitrogens with zero attached hydrogens (tertiary/aromatic N) is 2. The highest BCUT2D eigenvalue weighted by atomic mass is 35.5. The number of hydrogen-bond acceptors (Lipinski definition) is 5. The summed E-state index contributed by atoms with van der Waals surface area (Å²) in [5, 5.41) is 0. The van der Waals surface area contributed by atoms with Crippen LogP contribution in [0.25, 0.3) is 0 Å². The molecule has 0 amide bonds. The van der Waals surface area contributed by atoms with E-state index in [4.69, 9.17) is 16.3 Å². The lowest BCUT2D eigenvalue weighted by molar-refractivity contribution is 0.146. The standard InChI is InChI=1S/C16H19ClN2O3S2/c1-18-9-10-19(24(20,21)16-8-7-15(17)23-16)11-13(18)12-5-3-4-6-14(12)22-2/h3-8,13H,9-11H2,1-2H3. The Kier molecular flexibility index (Phi) is 5.17. The van der Waals surface area contributed by atoms with Crippen LogP contribution in [0.15, 0.2) is 40.6 Å². The van der Waals surface area contributed by atoms with Crippen molar-refractivity contribution in [3.05, 3.63) is 46.3 Å². The van der Waals surface area contributed by atoms with Gasteiger partial charge in [0.05, 0.1) is 17.5 Å². The highest BCUT2D eigenvalue weighted by molar-refractivity contribution is 7.91. The van der Waals surface area contributed by atoms with E-state index in [-0.39, 0.29) is 10.3 Å². The second-order valence-electron chi connectivity index (χ2n) is 5.66. The van der Waals surface area contributed by atoms with Gasteiger partial charge in [-0.1, -0.05) is 29.8 Å². The fourth-order valence-corrected chi connectivity index (χ4v) is 5.98. The molecule has 1 fully saturated rings. The van der Waals surface area contributed by atoms with Crippen LogP contribution in [0.3, 0.4) is 0 Å². The van der Waals surface area contributed by atoms with Gasteiger partial charge in [-0.15, -0.1) is 11.3 Å². The summed E-state index contributed by atoms with van der Waals surface area (Å²) < 4.78 is 33.5. The molecule has 1 aliphatic rings. The molecule has 1 aromatic carbocycles. The Bertz CT molecular complexity index is 822. The quantitative estimate of drug-likeness (QED) is 0.810. The molecule has 8 heteroatoms. The molecule has 0 bridgehead atoms. The summed E-state index contributed by atoms with van der Waals surface area (Å²) >= 11 is 6.99. The van der Waals surface area contributed by atoms with Gasteiger partial charge in [0.1, 0.15) is 9.96 Å². The molecule has 0 radical (unpaired) electrons. The van der Waals surface area contributed by atoms with Gasteiger partial charge >= 0.3 is 0 Å². The average molecular weight is 387 g/mol. The Morgan fingerprint density at radius 3 is 2.62 bits per heavy atom. The zero-order chi connectivity index (χ0) is 17.3. The van der Waals surface area contributed by atoms with E-state index in [9.17, 15) is 8.42 Å². The van der Waals surface area contributed by atoms with Gasteiger partial charge in [0.25, 0.3) is 10.0 Å². The first-order chi connectivity index (χ1) is 11.4. The zero-order valence-electron chi connectivity index (χ0n) is 13.5. The highest BCUT2D eigenvalue weighted by Gasteiger charge is 2.35. The number of benzene rings is 1. The van der Waals surface area contributed by atoms with Crippen LogP contribution in [0.1, 0.15) is 11.6 Å². The molecule has 1 saturated heterocycles. The van der Waals surface area contributed by atoms with Gasteiger partial charge in [0.15, 0.2) is 0 Å². The van der Waals surface area contributed by atoms with Crippen molar-refractivity contribution < 1.29 is 13.2 Å². The van der Waals surface area contributed by atoms with Gasteiger partial charge in [-0.3, -0.25) is 4.90 Å². The third-order valence-electron chi connectivity index (χ3n) is 4.25. The summed E-state index contributed by atoms with van der Waals surface area (Å²) in [4.78, 5) is 2.16. The number of methoxy groups -OCH3 is 1. The number of likely N-dealkylation sites (N-methyl/N-ethyl adjacent to an activating group) is 1. The molecule has 24 heavy (non-hydrogen) atoms. The normalized spacial score (nSPS) is 20.2. The van der Waals surface area contributed by atoms with Crippen molar-refractivity contribution in [3.8, 4) is 5.75 Å². The maximum Gasteiger partial charge on any atom is 0.252 e. The van der Waals surface area contributed by atoms with E-state index in [1.165, 1.54) is 4.31 Å². The Hall–Kier alpha value is -1.12. The third-order valence-corrected chi connectivity index (χ3v) is 7.82. The molecule has 1 unspecified atom stereocenters. The van der Waals surface area contributed by atoms with Crippen molar-refractivity contribution >= 4 is 33.0 Å². The van der Waals surface area contributed by atoms with E-state index in [1.807, 2.05) is 31.3 Å². The Balaban J connectivity index is 1.91. The van der Waals surface area contributed by atoms with Crippen LogP contribution >= 0.6 is 22.9 Å². The topological polar surface area (TPSA) is 49.9 Å². The van der Waals surface area contributed by atoms with E-state index in [1.54, 1.807) is 19.2 Å². The molecule has 5 nitrogen and oxygen atoms in total. The summed E-state index contributed by atoms with van der Waals surface area (Å²) in [5.74, 6) is 0.771. The van der Waals surface area contributed by atoms with Crippen molar-refractivity contribution in [2.24, 2.45) is 0 Å². The fourth-order valence-electron chi connectivity index (χ4n) is 2.91. The molecule has 1 atom stereocenters. The number of piperazine rings is 1. The van der Waals surface area contributed by atoms with Gasteiger partial charge in [-0.05, 0) is 25.2 Å². The first-order valence-corrected chi connectivity index (χ1v) is 10.2. The van der Waals surface area contributed by atoms with E-state index in [2.05, 4.69) is 4.90 Å². The maximum absolute atomic E-state index is 12.9. The SMILES string of the molecule is COc1ccccc1C1CN(S(=O)(=O)c2ccc(Cl)s2)CCN1C. The molecule has 0 spiro atoms. The number of rotatable bonds is 4. The molecule has 2 heterocycles. The summed E-state index contributed by atoms with van der Waals surface area (Å²) in [6.07, 6.45) is 0. The van der Waals surface area contributed by atoms with Gasteiger partial charge in [0.2, 0.25) is 0 Å². The number of sulfonamides is 1. The number of para-hydroxylation sites is 1. The van der Waals surface area contributed by atoms with Crippen LogP contribution in [0.4, 0.5) is 0 Å². The largest absolute Gasteiger partial charge is 0.496 e. The van der Waals surface area contributed by atoms with Crippen molar-refractivity contribution in [3.63, 3.8) is 0 Å². The fraction of sp³-hybridized carbons (Fsp3) is 0.375. The van der Waals surface area contributed by atoms with E-state index < -0.39 is 10.0 Å². The minimum absolute atomic E-state index is 0.0555. The van der Waals surface area contributed by atoms with Crippen LogP contribution in [0.2, 0.25) is 4.34 Å². The lowest BCUT2D eigenvalue weighted by Crippen LogP contribution is -2.48. The highest BCUT2D eigenvalue weighted by Crippen LogP contribution is 2.34. The first-order valence-electron chi connectivity index (χ1n) is 7.52. The molecule has 0 N–H and O–H groups in total. The zero-order valence-corrected chi connectivity index (χ0v) is 15.9. The molecule has 0 aliphatic carbocycles. The van der Waals surface area contributed by atoms with Gasteiger partial charge < -0.3 is 4.74 Å². The molecule has 1 aromatic heterocycles. The molecule has 3 rings (SSSR count). The Labute approximate surface area is 151 Å². The average Bonchev–Trinajstić information content (AvgIpc) is 3.02. The van der Waals surface area contributed by atoms with Gasteiger partial charge in [0, 0.05) is 25.2 Å². The second-order valence-corrected chi connectivity index (χ2v) is 9.54. The maximum atomic E-state index is 12.9. The summed E-state index contributed by atoms with van der Waals surface area (Å²) in [6.45, 7) is 1.50. The first kappa shape index (κ1) is 17.7. The van der Waals surface area contributed by atoms with E-state index >= 15 is 0 Å². The number of ether oxygens (including phenoxy) is 1. The van der Waals surface area contributed by atoms with Crippen molar-refractivity contribution in [1.82, 2.24) is 9.21 Å². The Morgan fingerprint density at radius 1 is 1.21 bits per heavy atom. The van der Waals surface area contributed by atoms with Gasteiger partial charge in [-0.25, -0.2) is 8.42 Å². The lowest BCUT2D eigenvalue weighted by Gasteiger charge is -2.39. The van der Waals surface area contributed by atoms with Crippen LogP contribution in [0.5, 0.6) is 5.75 Å². The van der Waals surface area contributed by atoms with Crippen molar-refractivity contribution in [2.45, 2.75) is 10.3 Å². The van der Waals surface area contributed by atoms with Crippen LogP contribution in [-0.2, 0) is 10.0 Å². The molecular formula is C16H19ClN2O3S2. The monoisotopic (exact) mass is 386 g/mol.